The van der Waals surface area contributed by atoms with Gasteiger partial charge in [0.15, 0.2) is 0 Å². The summed E-state index contributed by atoms with van der Waals surface area (Å²) in [6.07, 6.45) is 14.3. The topological polar surface area (TPSA) is 26.3 Å². The Morgan fingerprint density at radius 3 is 1.96 bits per heavy atom. The summed E-state index contributed by atoms with van der Waals surface area (Å²) in [5, 5.41) is 0. The molecule has 0 N–H and O–H groups in total. The third-order valence-electron chi connectivity index (χ3n) is 4.73. The summed E-state index contributed by atoms with van der Waals surface area (Å²) in [5.41, 5.74) is 4.88. The van der Waals surface area contributed by atoms with Gasteiger partial charge in [0.2, 0.25) is 0 Å². The third-order valence-corrected chi connectivity index (χ3v) is 4.73. The molecular weight excluding hydrogens is 308 g/mol. The zero-order chi connectivity index (χ0) is 18.1. The van der Waals surface area contributed by atoms with Gasteiger partial charge in [-0.2, -0.15) is 0 Å². The number of methoxy groups -OCH3 is 1. The first-order chi connectivity index (χ1) is 12.2. The van der Waals surface area contributed by atoms with Gasteiger partial charge in [0.25, 0.3) is 0 Å². The summed E-state index contributed by atoms with van der Waals surface area (Å²) < 4.78 is 5.23. The molecule has 0 radical (unpaired) electrons. The number of benzene rings is 1. The van der Waals surface area contributed by atoms with E-state index in [-0.39, 0.29) is 5.92 Å². The summed E-state index contributed by atoms with van der Waals surface area (Å²) >= 11 is 0. The highest BCUT2D eigenvalue weighted by molar-refractivity contribution is 5.71. The molecule has 0 saturated heterocycles. The van der Waals surface area contributed by atoms with E-state index in [1.807, 2.05) is 12.1 Å². The first-order valence-electron chi connectivity index (χ1n) is 9.43. The van der Waals surface area contributed by atoms with E-state index < -0.39 is 0 Å². The van der Waals surface area contributed by atoms with Crippen LogP contribution in [0.15, 0.2) is 53.1 Å². The van der Waals surface area contributed by atoms with E-state index >= 15 is 0 Å². The molecule has 2 rings (SSSR count). The summed E-state index contributed by atoms with van der Waals surface area (Å²) in [7, 11) is 1.68. The van der Waals surface area contributed by atoms with E-state index in [0.717, 1.165) is 56.1 Å². The number of hydrogen-bond donors (Lipinski definition) is 0. The van der Waals surface area contributed by atoms with Crippen LogP contribution in [0, 0.1) is 5.92 Å². The Morgan fingerprint density at radius 2 is 1.52 bits per heavy atom. The molecule has 134 valence electrons. The van der Waals surface area contributed by atoms with Crippen molar-refractivity contribution in [2.24, 2.45) is 5.92 Å². The highest BCUT2D eigenvalue weighted by atomic mass is 16.5. The lowest BCUT2D eigenvalue weighted by Gasteiger charge is -2.23. The second-order valence-electron chi connectivity index (χ2n) is 6.68. The Labute approximate surface area is 152 Å². The van der Waals surface area contributed by atoms with Crippen LogP contribution in [0.5, 0.6) is 5.75 Å². The van der Waals surface area contributed by atoms with Gasteiger partial charge in [-0.3, -0.25) is 0 Å². The molecule has 1 aromatic carbocycles. The van der Waals surface area contributed by atoms with Crippen molar-refractivity contribution in [1.29, 1.82) is 0 Å². The SMILES string of the molecule is CCCCC1=CC(=Cc2ccc(OC)cc2)C=C(CCCC)C1C=O. The monoisotopic (exact) mass is 338 g/mol. The third kappa shape index (κ3) is 5.45. The molecule has 0 atom stereocenters. The van der Waals surface area contributed by atoms with Gasteiger partial charge in [0.1, 0.15) is 12.0 Å². The number of aldehydes is 1. The molecule has 0 spiro atoms. The van der Waals surface area contributed by atoms with Crippen molar-refractivity contribution in [3.05, 3.63) is 58.7 Å². The average molecular weight is 338 g/mol. The molecular formula is C23H30O2. The number of rotatable bonds is 9. The van der Waals surface area contributed by atoms with E-state index in [9.17, 15) is 4.79 Å². The average Bonchev–Trinajstić information content (AvgIpc) is 2.65. The van der Waals surface area contributed by atoms with Crippen molar-refractivity contribution in [2.45, 2.75) is 52.4 Å². The highest BCUT2D eigenvalue weighted by Gasteiger charge is 2.21. The van der Waals surface area contributed by atoms with E-state index in [2.05, 4.69) is 44.2 Å². The maximum absolute atomic E-state index is 11.7. The number of carbonyl (C=O) groups is 1. The maximum Gasteiger partial charge on any atom is 0.131 e. The molecule has 1 aliphatic rings. The van der Waals surface area contributed by atoms with Gasteiger partial charge in [0, 0.05) is 0 Å². The first kappa shape index (κ1) is 19.2. The molecule has 0 bridgehead atoms. The number of unbranched alkanes of at least 4 members (excludes halogenated alkanes) is 2. The van der Waals surface area contributed by atoms with Crippen LogP contribution in [0.4, 0.5) is 0 Å². The Bertz CT molecular complexity index is 619. The fourth-order valence-corrected chi connectivity index (χ4v) is 3.26. The summed E-state index contributed by atoms with van der Waals surface area (Å²) in [4.78, 5) is 11.7. The Kier molecular flexibility index (Phi) is 7.72. The molecule has 0 aliphatic heterocycles. The lowest BCUT2D eigenvalue weighted by molar-refractivity contribution is -0.109. The normalized spacial score (nSPS) is 16.9. The number of allylic oxidation sites excluding steroid dienone is 5. The Hall–Kier alpha value is -2.09. The van der Waals surface area contributed by atoms with Crippen LogP contribution < -0.4 is 4.74 Å². The molecule has 0 heterocycles. The van der Waals surface area contributed by atoms with Crippen LogP contribution in [0.3, 0.4) is 0 Å². The van der Waals surface area contributed by atoms with Gasteiger partial charge >= 0.3 is 0 Å². The number of ether oxygens (including phenoxy) is 1. The lowest BCUT2D eigenvalue weighted by Crippen LogP contribution is -2.14. The van der Waals surface area contributed by atoms with Crippen LogP contribution in [-0.4, -0.2) is 13.4 Å². The zero-order valence-electron chi connectivity index (χ0n) is 15.8. The van der Waals surface area contributed by atoms with Crippen LogP contribution in [0.2, 0.25) is 0 Å². The second-order valence-corrected chi connectivity index (χ2v) is 6.68. The molecule has 2 heteroatoms. The minimum Gasteiger partial charge on any atom is -0.497 e. The second kappa shape index (κ2) is 10.0. The van der Waals surface area contributed by atoms with Gasteiger partial charge in [0.05, 0.1) is 13.0 Å². The van der Waals surface area contributed by atoms with Crippen molar-refractivity contribution in [3.63, 3.8) is 0 Å². The Morgan fingerprint density at radius 1 is 0.960 bits per heavy atom. The molecule has 0 aromatic heterocycles. The van der Waals surface area contributed by atoms with Crippen LogP contribution in [0.25, 0.3) is 6.08 Å². The van der Waals surface area contributed by atoms with Crippen molar-refractivity contribution >= 4 is 12.4 Å². The molecule has 0 unspecified atom stereocenters. The molecule has 0 saturated carbocycles. The summed E-state index contributed by atoms with van der Waals surface area (Å²) in [5.74, 6) is 0.844. The highest BCUT2D eigenvalue weighted by Crippen LogP contribution is 2.34. The van der Waals surface area contributed by atoms with E-state index in [4.69, 9.17) is 4.74 Å². The lowest BCUT2D eigenvalue weighted by atomic mass is 9.80. The summed E-state index contributed by atoms with van der Waals surface area (Å²) in [6.45, 7) is 4.39. The predicted molar refractivity (Wildman–Crippen MR) is 106 cm³/mol. The molecule has 2 nitrogen and oxygen atoms in total. The number of carbonyl (C=O) groups excluding carboxylic acids is 1. The molecule has 1 aliphatic carbocycles. The maximum atomic E-state index is 11.7. The minimum atomic E-state index is -0.0221. The Balaban J connectivity index is 2.32. The van der Waals surface area contributed by atoms with Gasteiger partial charge in [-0.15, -0.1) is 0 Å². The van der Waals surface area contributed by atoms with Crippen molar-refractivity contribution in [1.82, 2.24) is 0 Å². The van der Waals surface area contributed by atoms with Crippen molar-refractivity contribution < 1.29 is 9.53 Å². The van der Waals surface area contributed by atoms with E-state index in [0.29, 0.717) is 0 Å². The minimum absolute atomic E-state index is 0.0221. The van der Waals surface area contributed by atoms with Gasteiger partial charge in [-0.1, -0.05) is 62.1 Å². The standard InChI is InChI=1S/C23H30O2/c1-4-6-8-20-15-19(14-18-10-12-22(25-3)13-11-18)16-21(9-7-5-2)23(20)17-24/h10-17,23H,4-9H2,1-3H3. The molecule has 25 heavy (non-hydrogen) atoms. The smallest absolute Gasteiger partial charge is 0.131 e. The van der Waals surface area contributed by atoms with Crippen LogP contribution in [0.1, 0.15) is 57.9 Å². The zero-order valence-corrected chi connectivity index (χ0v) is 15.8. The van der Waals surface area contributed by atoms with Gasteiger partial charge < -0.3 is 9.53 Å². The van der Waals surface area contributed by atoms with Crippen LogP contribution in [-0.2, 0) is 4.79 Å². The largest absolute Gasteiger partial charge is 0.497 e. The molecule has 0 amide bonds. The van der Waals surface area contributed by atoms with Crippen molar-refractivity contribution in [3.8, 4) is 5.75 Å². The predicted octanol–water partition coefficient (Wildman–Crippen LogP) is 6.14. The number of hydrogen-bond acceptors (Lipinski definition) is 2. The van der Waals surface area contributed by atoms with E-state index in [1.54, 1.807) is 7.11 Å². The van der Waals surface area contributed by atoms with Gasteiger partial charge in [-0.05, 0) is 55.0 Å². The van der Waals surface area contributed by atoms with Crippen LogP contribution >= 0.6 is 0 Å². The fraction of sp³-hybridized carbons (Fsp3) is 0.435. The summed E-state index contributed by atoms with van der Waals surface area (Å²) in [6, 6.07) is 8.09. The molecule has 0 fully saturated rings. The van der Waals surface area contributed by atoms with E-state index in [1.165, 1.54) is 16.7 Å². The molecule has 1 aromatic rings. The van der Waals surface area contributed by atoms with Gasteiger partial charge in [-0.25, -0.2) is 0 Å². The fourth-order valence-electron chi connectivity index (χ4n) is 3.26. The quantitative estimate of drug-likeness (QED) is 0.505. The first-order valence-corrected chi connectivity index (χ1v) is 9.43. The van der Waals surface area contributed by atoms with Crippen molar-refractivity contribution in [2.75, 3.05) is 7.11 Å².